The van der Waals surface area contributed by atoms with Gasteiger partial charge in [0.2, 0.25) is 5.91 Å². The Morgan fingerprint density at radius 2 is 2.12 bits per heavy atom. The summed E-state index contributed by atoms with van der Waals surface area (Å²) in [6, 6.07) is 12.4. The number of nitrogens with one attached hydrogen (secondary N) is 1. The summed E-state index contributed by atoms with van der Waals surface area (Å²) in [5, 5.41) is 3.58. The van der Waals surface area contributed by atoms with Gasteiger partial charge in [-0.05, 0) is 56.0 Å². The molecular formula is C21H25ClN2O2. The first-order valence-corrected chi connectivity index (χ1v) is 9.29. The molecule has 0 aliphatic heterocycles. The third kappa shape index (κ3) is 4.02. The zero-order chi connectivity index (χ0) is 18.7. The van der Waals surface area contributed by atoms with Crippen molar-refractivity contribution in [1.82, 2.24) is 4.90 Å². The van der Waals surface area contributed by atoms with Gasteiger partial charge in [-0.25, -0.2) is 0 Å². The largest absolute Gasteiger partial charge is 0.495 e. The Balaban J connectivity index is 1.70. The van der Waals surface area contributed by atoms with Crippen LogP contribution in [0.2, 0.25) is 5.02 Å². The molecule has 2 aromatic rings. The van der Waals surface area contributed by atoms with E-state index in [2.05, 4.69) is 34.5 Å². The molecule has 5 heteroatoms. The Hall–Kier alpha value is -2.04. The van der Waals surface area contributed by atoms with Crippen molar-refractivity contribution in [1.29, 1.82) is 0 Å². The van der Waals surface area contributed by atoms with Crippen LogP contribution in [0.1, 0.15) is 35.6 Å². The SMILES string of the molecule is COc1cc(Cl)c(C)cc1NC(=O)CN(C)C1CCCc2ccccc21. The minimum absolute atomic E-state index is 0.0597. The Morgan fingerprint density at radius 3 is 2.88 bits per heavy atom. The van der Waals surface area contributed by atoms with Crippen LogP contribution in [0.25, 0.3) is 0 Å². The maximum Gasteiger partial charge on any atom is 0.238 e. The first-order valence-electron chi connectivity index (χ1n) is 8.91. The predicted octanol–water partition coefficient (Wildman–Crippen LogP) is 4.60. The van der Waals surface area contributed by atoms with Crippen molar-refractivity contribution >= 4 is 23.2 Å². The van der Waals surface area contributed by atoms with Gasteiger partial charge in [0.25, 0.3) is 0 Å². The summed E-state index contributed by atoms with van der Waals surface area (Å²) in [6.45, 7) is 2.23. The van der Waals surface area contributed by atoms with Gasteiger partial charge >= 0.3 is 0 Å². The lowest BCUT2D eigenvalue weighted by atomic mass is 9.87. The molecule has 3 rings (SSSR count). The Labute approximate surface area is 160 Å². The molecule has 138 valence electrons. The molecule has 1 N–H and O–H groups in total. The summed E-state index contributed by atoms with van der Waals surface area (Å²) >= 11 is 6.13. The topological polar surface area (TPSA) is 41.6 Å². The number of hydrogen-bond acceptors (Lipinski definition) is 3. The fourth-order valence-corrected chi connectivity index (χ4v) is 3.80. The van der Waals surface area contributed by atoms with Crippen molar-refractivity contribution < 1.29 is 9.53 Å². The number of nitrogens with zero attached hydrogens (tertiary/aromatic N) is 1. The summed E-state index contributed by atoms with van der Waals surface area (Å²) in [7, 11) is 3.58. The molecule has 0 fully saturated rings. The van der Waals surface area contributed by atoms with Crippen molar-refractivity contribution in [2.75, 3.05) is 26.0 Å². The summed E-state index contributed by atoms with van der Waals surface area (Å²) < 4.78 is 5.34. The zero-order valence-corrected chi connectivity index (χ0v) is 16.3. The molecule has 1 atom stereocenters. The molecule has 0 saturated heterocycles. The number of ether oxygens (including phenoxy) is 1. The van der Waals surface area contributed by atoms with E-state index in [1.54, 1.807) is 13.2 Å². The van der Waals surface area contributed by atoms with Crippen LogP contribution in [0, 0.1) is 6.92 Å². The number of fused-ring (bicyclic) bond motifs is 1. The molecule has 0 bridgehead atoms. The van der Waals surface area contributed by atoms with E-state index in [0.717, 1.165) is 24.8 Å². The fourth-order valence-electron chi connectivity index (χ4n) is 3.64. The van der Waals surface area contributed by atoms with Crippen molar-refractivity contribution in [3.05, 3.63) is 58.1 Å². The van der Waals surface area contributed by atoms with Gasteiger partial charge in [-0.3, -0.25) is 9.69 Å². The smallest absolute Gasteiger partial charge is 0.238 e. The summed E-state index contributed by atoms with van der Waals surface area (Å²) in [6.07, 6.45) is 3.34. The number of carbonyl (C=O) groups excluding carboxylic acids is 1. The van der Waals surface area contributed by atoms with E-state index < -0.39 is 0 Å². The number of amides is 1. The molecule has 1 aliphatic rings. The molecule has 0 heterocycles. The van der Waals surface area contributed by atoms with Crippen LogP contribution in [-0.2, 0) is 11.2 Å². The number of rotatable bonds is 5. The first kappa shape index (κ1) is 18.7. The molecule has 1 unspecified atom stereocenters. The van der Waals surface area contributed by atoms with E-state index >= 15 is 0 Å². The van der Waals surface area contributed by atoms with Crippen LogP contribution in [0.5, 0.6) is 5.75 Å². The number of likely N-dealkylation sites (N-methyl/N-ethyl adjacent to an activating group) is 1. The molecule has 0 saturated carbocycles. The Kier molecular flexibility index (Phi) is 5.84. The summed E-state index contributed by atoms with van der Waals surface area (Å²) in [5.41, 5.74) is 4.29. The normalized spacial score (nSPS) is 16.3. The molecule has 0 radical (unpaired) electrons. The molecular weight excluding hydrogens is 348 g/mol. The molecule has 26 heavy (non-hydrogen) atoms. The van der Waals surface area contributed by atoms with Crippen LogP contribution in [0.15, 0.2) is 36.4 Å². The first-order chi connectivity index (χ1) is 12.5. The van der Waals surface area contributed by atoms with Crippen LogP contribution < -0.4 is 10.1 Å². The number of carbonyl (C=O) groups is 1. The van der Waals surface area contributed by atoms with Gasteiger partial charge in [-0.1, -0.05) is 35.9 Å². The van der Waals surface area contributed by atoms with Crippen LogP contribution >= 0.6 is 11.6 Å². The van der Waals surface area contributed by atoms with Gasteiger partial charge in [0.1, 0.15) is 5.75 Å². The Bertz CT molecular complexity index is 807. The highest BCUT2D eigenvalue weighted by atomic mass is 35.5. The van der Waals surface area contributed by atoms with Crippen molar-refractivity contribution in [2.24, 2.45) is 0 Å². The lowest BCUT2D eigenvalue weighted by Crippen LogP contribution is -2.35. The van der Waals surface area contributed by atoms with Crippen LogP contribution in [0.3, 0.4) is 0 Å². The third-order valence-corrected chi connectivity index (χ3v) is 5.42. The van der Waals surface area contributed by atoms with E-state index in [-0.39, 0.29) is 11.9 Å². The van der Waals surface area contributed by atoms with E-state index in [9.17, 15) is 4.79 Å². The molecule has 1 amide bonds. The molecule has 0 aromatic heterocycles. The lowest BCUT2D eigenvalue weighted by molar-refractivity contribution is -0.117. The molecule has 0 spiro atoms. The van der Waals surface area contributed by atoms with Gasteiger partial charge in [0.15, 0.2) is 0 Å². The second kappa shape index (κ2) is 8.11. The van der Waals surface area contributed by atoms with Gasteiger partial charge in [-0.2, -0.15) is 0 Å². The number of methoxy groups -OCH3 is 1. The van der Waals surface area contributed by atoms with Crippen molar-refractivity contribution in [3.63, 3.8) is 0 Å². The minimum Gasteiger partial charge on any atom is -0.495 e. The number of halogens is 1. The average molecular weight is 373 g/mol. The second-order valence-electron chi connectivity index (χ2n) is 6.87. The second-order valence-corrected chi connectivity index (χ2v) is 7.28. The van der Waals surface area contributed by atoms with Gasteiger partial charge in [0, 0.05) is 17.1 Å². The highest BCUT2D eigenvalue weighted by molar-refractivity contribution is 6.31. The lowest BCUT2D eigenvalue weighted by Gasteiger charge is -2.32. The molecule has 4 nitrogen and oxygen atoms in total. The number of benzene rings is 2. The Morgan fingerprint density at radius 1 is 1.35 bits per heavy atom. The van der Waals surface area contributed by atoms with E-state index in [4.69, 9.17) is 16.3 Å². The van der Waals surface area contributed by atoms with E-state index in [1.165, 1.54) is 11.1 Å². The fraction of sp³-hybridized carbons (Fsp3) is 0.381. The maximum absolute atomic E-state index is 12.6. The molecule has 1 aliphatic carbocycles. The minimum atomic E-state index is -0.0597. The van der Waals surface area contributed by atoms with Gasteiger partial charge in [-0.15, -0.1) is 0 Å². The quantitative estimate of drug-likeness (QED) is 0.833. The standard InChI is InChI=1S/C21H25ClN2O2/c1-14-11-18(20(26-3)12-17(14)22)23-21(25)13-24(2)19-10-6-8-15-7-4-5-9-16(15)19/h4-5,7,9,11-12,19H,6,8,10,13H2,1-3H3,(H,23,25). The summed E-state index contributed by atoms with van der Waals surface area (Å²) in [5.74, 6) is 0.509. The number of hydrogen-bond donors (Lipinski definition) is 1. The third-order valence-electron chi connectivity index (χ3n) is 5.02. The van der Waals surface area contributed by atoms with Crippen LogP contribution in [0.4, 0.5) is 5.69 Å². The van der Waals surface area contributed by atoms with Crippen LogP contribution in [-0.4, -0.2) is 31.5 Å². The number of anilines is 1. The monoisotopic (exact) mass is 372 g/mol. The average Bonchev–Trinajstić information content (AvgIpc) is 2.63. The number of aryl methyl sites for hydroxylation is 2. The maximum atomic E-state index is 12.6. The highest BCUT2D eigenvalue weighted by Crippen LogP contribution is 2.34. The van der Waals surface area contributed by atoms with Gasteiger partial charge < -0.3 is 10.1 Å². The molecule has 2 aromatic carbocycles. The van der Waals surface area contributed by atoms with Gasteiger partial charge in [0.05, 0.1) is 19.3 Å². The zero-order valence-electron chi connectivity index (χ0n) is 15.5. The predicted molar refractivity (Wildman–Crippen MR) is 106 cm³/mol. The summed E-state index contributed by atoms with van der Waals surface area (Å²) in [4.78, 5) is 14.7. The van der Waals surface area contributed by atoms with E-state index in [1.807, 2.05) is 20.0 Å². The van der Waals surface area contributed by atoms with E-state index in [0.29, 0.717) is 23.0 Å². The van der Waals surface area contributed by atoms with Crippen molar-refractivity contribution in [3.8, 4) is 5.75 Å². The highest BCUT2D eigenvalue weighted by Gasteiger charge is 2.24. The van der Waals surface area contributed by atoms with Crippen molar-refractivity contribution in [2.45, 2.75) is 32.2 Å².